The van der Waals surface area contributed by atoms with E-state index in [-0.39, 0.29) is 11.3 Å². The highest BCUT2D eigenvalue weighted by Crippen LogP contribution is 2.38. The molecule has 0 amide bonds. The lowest BCUT2D eigenvalue weighted by Gasteiger charge is -2.17. The molecule has 17 heavy (non-hydrogen) atoms. The summed E-state index contributed by atoms with van der Waals surface area (Å²) in [5, 5.41) is 4.50. The van der Waals surface area contributed by atoms with Crippen LogP contribution in [0.1, 0.15) is 30.5 Å². The van der Waals surface area contributed by atoms with Gasteiger partial charge in [-0.3, -0.25) is 0 Å². The summed E-state index contributed by atoms with van der Waals surface area (Å²) < 4.78 is 5.31. The van der Waals surface area contributed by atoms with Gasteiger partial charge in [-0.25, -0.2) is 4.98 Å². The fraction of sp³-hybridized carbons (Fsp3) is 0.455. The summed E-state index contributed by atoms with van der Waals surface area (Å²) in [4.78, 5) is 4.48. The van der Waals surface area contributed by atoms with E-state index < -0.39 is 0 Å². The third-order valence-electron chi connectivity index (χ3n) is 2.34. The van der Waals surface area contributed by atoms with Crippen molar-refractivity contribution in [2.75, 3.05) is 0 Å². The number of nitrogens with zero attached hydrogens (tertiary/aromatic N) is 2. The van der Waals surface area contributed by atoms with E-state index >= 15 is 0 Å². The van der Waals surface area contributed by atoms with Crippen LogP contribution in [0.2, 0.25) is 0 Å². The number of rotatable bonds is 5. The van der Waals surface area contributed by atoms with Crippen molar-refractivity contribution >= 4 is 34.6 Å². The number of thioether (sulfide) groups is 1. The molecule has 0 saturated carbocycles. The maximum absolute atomic E-state index is 6.06. The molecular weight excluding hydrogens is 270 g/mol. The fourth-order valence-corrected chi connectivity index (χ4v) is 4.20. The Morgan fingerprint density at radius 2 is 2.35 bits per heavy atom. The fourth-order valence-electron chi connectivity index (χ4n) is 1.45. The zero-order chi connectivity index (χ0) is 12.3. The first-order valence-corrected chi connectivity index (χ1v) is 8.07. The highest BCUT2D eigenvalue weighted by molar-refractivity contribution is 8.01. The lowest BCUT2D eigenvalue weighted by molar-refractivity contribution is 0.722. The van der Waals surface area contributed by atoms with E-state index in [4.69, 9.17) is 5.73 Å². The SMILES string of the molecule is CCc1nsc(SC(c2ccsc2)C(C)N)n1. The summed E-state index contributed by atoms with van der Waals surface area (Å²) >= 11 is 4.89. The number of hydrogen-bond acceptors (Lipinski definition) is 6. The summed E-state index contributed by atoms with van der Waals surface area (Å²) in [7, 11) is 0. The Bertz CT molecular complexity index is 450. The molecule has 0 fully saturated rings. The van der Waals surface area contributed by atoms with E-state index in [2.05, 4.69) is 33.1 Å². The van der Waals surface area contributed by atoms with E-state index in [1.54, 1.807) is 23.1 Å². The van der Waals surface area contributed by atoms with Gasteiger partial charge in [0.15, 0.2) is 4.34 Å². The third-order valence-corrected chi connectivity index (χ3v) is 5.35. The summed E-state index contributed by atoms with van der Waals surface area (Å²) in [6.07, 6.45) is 0.887. The molecule has 3 nitrogen and oxygen atoms in total. The quantitative estimate of drug-likeness (QED) is 0.856. The first-order chi connectivity index (χ1) is 8.20. The van der Waals surface area contributed by atoms with Crippen molar-refractivity contribution in [2.45, 2.75) is 35.9 Å². The molecule has 92 valence electrons. The summed E-state index contributed by atoms with van der Waals surface area (Å²) in [5.74, 6) is 0.922. The summed E-state index contributed by atoms with van der Waals surface area (Å²) in [6.45, 7) is 4.11. The van der Waals surface area contributed by atoms with Crippen molar-refractivity contribution in [1.82, 2.24) is 9.36 Å². The van der Waals surface area contributed by atoms with Gasteiger partial charge in [0.1, 0.15) is 5.82 Å². The van der Waals surface area contributed by atoms with Crippen molar-refractivity contribution < 1.29 is 0 Å². The molecule has 2 N–H and O–H groups in total. The van der Waals surface area contributed by atoms with Crippen molar-refractivity contribution in [3.63, 3.8) is 0 Å². The summed E-state index contributed by atoms with van der Waals surface area (Å²) in [5.41, 5.74) is 7.34. The van der Waals surface area contributed by atoms with Crippen molar-refractivity contribution in [2.24, 2.45) is 5.73 Å². The topological polar surface area (TPSA) is 51.8 Å². The Morgan fingerprint density at radius 3 is 2.88 bits per heavy atom. The molecule has 0 aliphatic rings. The van der Waals surface area contributed by atoms with Crippen LogP contribution in [0.15, 0.2) is 21.2 Å². The zero-order valence-electron chi connectivity index (χ0n) is 9.79. The maximum Gasteiger partial charge on any atom is 0.170 e. The number of nitrogens with two attached hydrogens (primary N) is 1. The van der Waals surface area contributed by atoms with Gasteiger partial charge in [0.2, 0.25) is 0 Å². The second kappa shape index (κ2) is 5.95. The minimum absolute atomic E-state index is 0.101. The largest absolute Gasteiger partial charge is 0.327 e. The van der Waals surface area contributed by atoms with Crippen molar-refractivity contribution in [3.8, 4) is 0 Å². The standard InChI is InChI=1S/C11H15N3S3/c1-3-9-13-11(17-14-9)16-10(7(2)12)8-4-5-15-6-8/h4-7,10H,3,12H2,1-2H3. The van der Waals surface area contributed by atoms with Crippen LogP contribution in [-0.4, -0.2) is 15.4 Å². The van der Waals surface area contributed by atoms with Crippen molar-refractivity contribution in [1.29, 1.82) is 0 Å². The second-order valence-corrected chi connectivity index (χ2v) is 6.70. The maximum atomic E-state index is 6.06. The highest BCUT2D eigenvalue weighted by Gasteiger charge is 2.20. The zero-order valence-corrected chi connectivity index (χ0v) is 12.2. The van der Waals surface area contributed by atoms with Gasteiger partial charge in [0.25, 0.3) is 0 Å². The third kappa shape index (κ3) is 3.28. The average molecular weight is 285 g/mol. The molecule has 2 unspecified atom stereocenters. The Hall–Kier alpha value is -0.430. The molecule has 2 aromatic rings. The first kappa shape index (κ1) is 13.0. The Morgan fingerprint density at radius 1 is 1.53 bits per heavy atom. The van der Waals surface area contributed by atoms with E-state index in [0.29, 0.717) is 0 Å². The van der Waals surface area contributed by atoms with Gasteiger partial charge in [0, 0.05) is 12.5 Å². The van der Waals surface area contributed by atoms with Gasteiger partial charge in [-0.2, -0.15) is 15.7 Å². The predicted molar refractivity (Wildman–Crippen MR) is 75.9 cm³/mol. The molecule has 2 heterocycles. The molecule has 0 aliphatic carbocycles. The van der Waals surface area contributed by atoms with Crippen LogP contribution in [0.5, 0.6) is 0 Å². The van der Waals surface area contributed by atoms with Crippen LogP contribution in [-0.2, 0) is 6.42 Å². The number of thiophene rings is 1. The Kier molecular flexibility index (Phi) is 4.55. The van der Waals surface area contributed by atoms with Gasteiger partial charge in [-0.05, 0) is 40.8 Å². The first-order valence-electron chi connectivity index (χ1n) is 5.47. The Labute approximate surface area is 114 Å². The highest BCUT2D eigenvalue weighted by atomic mass is 32.2. The molecule has 6 heteroatoms. The monoisotopic (exact) mass is 285 g/mol. The van der Waals surface area contributed by atoms with E-state index in [0.717, 1.165) is 16.6 Å². The number of aromatic nitrogens is 2. The van der Waals surface area contributed by atoms with Gasteiger partial charge in [-0.1, -0.05) is 18.7 Å². The Balaban J connectivity index is 2.13. The van der Waals surface area contributed by atoms with Crippen molar-refractivity contribution in [3.05, 3.63) is 28.2 Å². The van der Waals surface area contributed by atoms with E-state index in [1.165, 1.54) is 17.1 Å². The molecule has 2 atom stereocenters. The van der Waals surface area contributed by atoms with E-state index in [9.17, 15) is 0 Å². The molecular formula is C11H15N3S3. The van der Waals surface area contributed by atoms with Gasteiger partial charge < -0.3 is 5.73 Å². The molecule has 0 aromatic carbocycles. The van der Waals surface area contributed by atoms with Crippen LogP contribution in [0.25, 0.3) is 0 Å². The van der Waals surface area contributed by atoms with Gasteiger partial charge in [-0.15, -0.1) is 0 Å². The minimum Gasteiger partial charge on any atom is -0.327 e. The number of aryl methyl sites for hydroxylation is 1. The normalized spacial score (nSPS) is 14.8. The minimum atomic E-state index is 0.101. The summed E-state index contributed by atoms with van der Waals surface area (Å²) in [6, 6.07) is 2.23. The van der Waals surface area contributed by atoms with Crippen LogP contribution in [0.4, 0.5) is 0 Å². The molecule has 2 rings (SSSR count). The van der Waals surface area contributed by atoms with Crippen LogP contribution in [0.3, 0.4) is 0 Å². The van der Waals surface area contributed by atoms with Gasteiger partial charge >= 0.3 is 0 Å². The lowest BCUT2D eigenvalue weighted by atomic mass is 10.1. The predicted octanol–water partition coefficient (Wildman–Crippen LogP) is 3.34. The van der Waals surface area contributed by atoms with Crippen LogP contribution < -0.4 is 5.73 Å². The molecule has 0 bridgehead atoms. The van der Waals surface area contributed by atoms with Crippen LogP contribution >= 0.6 is 34.6 Å². The average Bonchev–Trinajstić information content (AvgIpc) is 2.96. The van der Waals surface area contributed by atoms with Gasteiger partial charge in [0.05, 0.1) is 5.25 Å². The second-order valence-electron chi connectivity index (χ2n) is 3.78. The lowest BCUT2D eigenvalue weighted by Crippen LogP contribution is -2.22. The molecule has 2 aromatic heterocycles. The molecule has 0 radical (unpaired) electrons. The molecule has 0 saturated heterocycles. The number of hydrogen-bond donors (Lipinski definition) is 1. The molecule has 0 spiro atoms. The smallest absolute Gasteiger partial charge is 0.170 e. The van der Waals surface area contributed by atoms with Crippen LogP contribution in [0, 0.1) is 0 Å². The van der Waals surface area contributed by atoms with E-state index in [1.807, 2.05) is 6.92 Å². The molecule has 0 aliphatic heterocycles.